The molecule has 0 aromatic carbocycles. The Balaban J connectivity index is 2.96. The van der Waals surface area contributed by atoms with Crippen LogP contribution in [0.15, 0.2) is 36.6 Å². The average molecular weight is 201 g/mol. The molecule has 0 bridgehead atoms. The summed E-state index contributed by atoms with van der Waals surface area (Å²) in [6.45, 7) is 7.41. The molecule has 0 aliphatic carbocycles. The minimum atomic E-state index is -3.14. The second-order valence-corrected chi connectivity index (χ2v) is 4.25. The predicted octanol–water partition coefficient (Wildman–Crippen LogP) is 1.99. The highest BCUT2D eigenvalue weighted by Crippen LogP contribution is 2.47. The van der Waals surface area contributed by atoms with Crippen LogP contribution < -0.4 is 5.09 Å². The molecule has 1 rings (SSSR count). The standard InChI is InChI=1S/C8H12NO3P/c1-4-7-6-12-13(10,11-3)9-8(7)5-2/h4-5H,1-2,6H2,3H3,(H,9,10). The molecule has 1 aliphatic heterocycles. The maximum atomic E-state index is 11.6. The summed E-state index contributed by atoms with van der Waals surface area (Å²) in [5, 5.41) is 2.63. The molecule has 1 unspecified atom stereocenters. The maximum Gasteiger partial charge on any atom is 0.432 e. The summed E-state index contributed by atoms with van der Waals surface area (Å²) in [4.78, 5) is 0. The Morgan fingerprint density at radius 2 is 2.31 bits per heavy atom. The van der Waals surface area contributed by atoms with Gasteiger partial charge in [-0.1, -0.05) is 19.2 Å². The van der Waals surface area contributed by atoms with Crippen LogP contribution in [0.2, 0.25) is 0 Å². The van der Waals surface area contributed by atoms with Gasteiger partial charge in [0.1, 0.15) is 0 Å². The van der Waals surface area contributed by atoms with Crippen LogP contribution in [-0.4, -0.2) is 13.7 Å². The second kappa shape index (κ2) is 3.92. The molecule has 0 fully saturated rings. The van der Waals surface area contributed by atoms with Gasteiger partial charge in [0.05, 0.1) is 6.61 Å². The first-order chi connectivity index (χ1) is 6.15. The van der Waals surface area contributed by atoms with E-state index in [0.717, 1.165) is 5.57 Å². The quantitative estimate of drug-likeness (QED) is 0.709. The van der Waals surface area contributed by atoms with Crippen molar-refractivity contribution in [3.05, 3.63) is 36.6 Å². The molecule has 5 heteroatoms. The molecule has 4 nitrogen and oxygen atoms in total. The predicted molar refractivity (Wildman–Crippen MR) is 51.1 cm³/mol. The highest BCUT2D eigenvalue weighted by atomic mass is 31.2. The van der Waals surface area contributed by atoms with Crippen LogP contribution in [0.4, 0.5) is 0 Å². The summed E-state index contributed by atoms with van der Waals surface area (Å²) < 4.78 is 21.3. The molecular weight excluding hydrogens is 189 g/mol. The third-order valence-electron chi connectivity index (χ3n) is 1.68. The van der Waals surface area contributed by atoms with Crippen molar-refractivity contribution in [1.82, 2.24) is 5.09 Å². The van der Waals surface area contributed by atoms with Gasteiger partial charge in [0.15, 0.2) is 0 Å². The fourth-order valence-electron chi connectivity index (χ4n) is 0.928. The molecule has 0 radical (unpaired) electrons. The van der Waals surface area contributed by atoms with Gasteiger partial charge in [-0.3, -0.25) is 14.1 Å². The zero-order valence-corrected chi connectivity index (χ0v) is 8.34. The van der Waals surface area contributed by atoms with E-state index < -0.39 is 7.75 Å². The summed E-state index contributed by atoms with van der Waals surface area (Å²) in [5.41, 5.74) is 1.46. The first kappa shape index (κ1) is 10.3. The van der Waals surface area contributed by atoms with Gasteiger partial charge < -0.3 is 0 Å². The van der Waals surface area contributed by atoms with E-state index in [0.29, 0.717) is 5.70 Å². The molecule has 0 aromatic rings. The van der Waals surface area contributed by atoms with E-state index in [1.807, 2.05) is 0 Å². The van der Waals surface area contributed by atoms with Crippen LogP contribution in [-0.2, 0) is 13.6 Å². The van der Waals surface area contributed by atoms with Gasteiger partial charge in [-0.2, -0.15) is 0 Å². The average Bonchev–Trinajstić information content (AvgIpc) is 2.18. The largest absolute Gasteiger partial charge is 0.432 e. The lowest BCUT2D eigenvalue weighted by Crippen LogP contribution is -2.20. The molecule has 1 atom stereocenters. The zero-order chi connectivity index (χ0) is 9.90. The molecule has 72 valence electrons. The first-order valence-electron chi connectivity index (χ1n) is 3.72. The topological polar surface area (TPSA) is 47.6 Å². The Hall–Kier alpha value is -0.830. The third kappa shape index (κ3) is 2.10. The molecule has 0 saturated heterocycles. The monoisotopic (exact) mass is 201 g/mol. The van der Waals surface area contributed by atoms with Gasteiger partial charge in [-0.05, 0) is 6.08 Å². The van der Waals surface area contributed by atoms with E-state index in [4.69, 9.17) is 9.05 Å². The Morgan fingerprint density at radius 1 is 1.62 bits per heavy atom. The molecule has 0 spiro atoms. The summed E-state index contributed by atoms with van der Waals surface area (Å²) in [5.74, 6) is 0. The number of nitrogens with one attached hydrogen (secondary N) is 1. The van der Waals surface area contributed by atoms with E-state index >= 15 is 0 Å². The van der Waals surface area contributed by atoms with Gasteiger partial charge in [0.2, 0.25) is 0 Å². The van der Waals surface area contributed by atoms with Crippen molar-refractivity contribution in [2.45, 2.75) is 0 Å². The maximum absolute atomic E-state index is 11.6. The summed E-state index contributed by atoms with van der Waals surface area (Å²) >= 11 is 0. The van der Waals surface area contributed by atoms with Gasteiger partial charge in [-0.25, -0.2) is 4.57 Å². The Kier molecular flexibility index (Phi) is 3.09. The lowest BCUT2D eigenvalue weighted by Gasteiger charge is -2.25. The molecule has 13 heavy (non-hydrogen) atoms. The van der Waals surface area contributed by atoms with Crippen LogP contribution in [0, 0.1) is 0 Å². The van der Waals surface area contributed by atoms with Crippen LogP contribution >= 0.6 is 7.75 Å². The molecule has 0 aromatic heterocycles. The zero-order valence-electron chi connectivity index (χ0n) is 7.45. The first-order valence-corrected chi connectivity index (χ1v) is 5.26. The number of hydrogen-bond donors (Lipinski definition) is 1. The smallest absolute Gasteiger partial charge is 0.296 e. The van der Waals surface area contributed by atoms with Crippen molar-refractivity contribution < 1.29 is 13.6 Å². The fourth-order valence-corrected chi connectivity index (χ4v) is 2.03. The van der Waals surface area contributed by atoms with E-state index in [-0.39, 0.29) is 6.61 Å². The fraction of sp³-hybridized carbons (Fsp3) is 0.250. The minimum absolute atomic E-state index is 0.225. The van der Waals surface area contributed by atoms with E-state index in [1.165, 1.54) is 7.11 Å². The highest BCUT2D eigenvalue weighted by Gasteiger charge is 2.28. The van der Waals surface area contributed by atoms with E-state index in [1.54, 1.807) is 12.2 Å². The van der Waals surface area contributed by atoms with E-state index in [9.17, 15) is 4.57 Å². The lowest BCUT2D eigenvalue weighted by atomic mass is 10.2. The van der Waals surface area contributed by atoms with Crippen molar-refractivity contribution in [3.63, 3.8) is 0 Å². The van der Waals surface area contributed by atoms with Gasteiger partial charge >= 0.3 is 7.75 Å². The van der Waals surface area contributed by atoms with E-state index in [2.05, 4.69) is 18.2 Å². The second-order valence-electron chi connectivity index (χ2n) is 2.41. The lowest BCUT2D eigenvalue weighted by molar-refractivity contribution is 0.237. The summed E-state index contributed by atoms with van der Waals surface area (Å²) in [7, 11) is -1.82. The number of allylic oxidation sites excluding steroid dienone is 1. The molecule has 1 N–H and O–H groups in total. The van der Waals surface area contributed by atoms with Crippen molar-refractivity contribution in [1.29, 1.82) is 0 Å². The van der Waals surface area contributed by atoms with Crippen LogP contribution in [0.5, 0.6) is 0 Å². The third-order valence-corrected chi connectivity index (χ3v) is 3.15. The van der Waals surface area contributed by atoms with Crippen molar-refractivity contribution in [3.8, 4) is 0 Å². The van der Waals surface area contributed by atoms with Crippen LogP contribution in [0.25, 0.3) is 0 Å². The molecule has 0 amide bonds. The van der Waals surface area contributed by atoms with Crippen molar-refractivity contribution in [2.24, 2.45) is 0 Å². The van der Waals surface area contributed by atoms with Crippen molar-refractivity contribution in [2.75, 3.05) is 13.7 Å². The van der Waals surface area contributed by atoms with Gasteiger partial charge in [0, 0.05) is 18.4 Å². The summed E-state index contributed by atoms with van der Waals surface area (Å²) in [6, 6.07) is 0. The molecular formula is C8H12NO3P. The highest BCUT2D eigenvalue weighted by molar-refractivity contribution is 7.51. The molecule has 0 saturated carbocycles. The Bertz CT molecular complexity index is 309. The Morgan fingerprint density at radius 3 is 2.77 bits per heavy atom. The molecule has 1 aliphatic rings. The van der Waals surface area contributed by atoms with Crippen molar-refractivity contribution >= 4 is 7.75 Å². The number of rotatable bonds is 3. The summed E-state index contributed by atoms with van der Waals surface area (Å²) in [6.07, 6.45) is 3.19. The van der Waals surface area contributed by atoms with Gasteiger partial charge in [0.25, 0.3) is 0 Å². The normalized spacial score (nSPS) is 28.1. The van der Waals surface area contributed by atoms with Gasteiger partial charge in [-0.15, -0.1) is 0 Å². The SMILES string of the molecule is C=CC1=C(C=C)NP(=O)(OC)OC1. The Labute approximate surface area is 77.5 Å². The van der Waals surface area contributed by atoms with Crippen LogP contribution in [0.3, 0.4) is 0 Å². The minimum Gasteiger partial charge on any atom is -0.296 e. The van der Waals surface area contributed by atoms with Crippen LogP contribution in [0.1, 0.15) is 0 Å². The molecule has 1 heterocycles. The number of hydrogen-bond acceptors (Lipinski definition) is 3.